The van der Waals surface area contributed by atoms with Crippen molar-refractivity contribution in [1.82, 2.24) is 5.32 Å². The summed E-state index contributed by atoms with van der Waals surface area (Å²) >= 11 is 9.19. The zero-order valence-corrected chi connectivity index (χ0v) is 21.6. The number of hydrogen-bond acceptors (Lipinski definition) is 5. The van der Waals surface area contributed by atoms with Gasteiger partial charge in [0.05, 0.1) is 15.5 Å². The first-order valence-corrected chi connectivity index (χ1v) is 13.7. The molecule has 1 N–H and O–H groups in total. The first kappa shape index (κ1) is 24.9. The van der Waals surface area contributed by atoms with Crippen molar-refractivity contribution in [2.45, 2.75) is 43.5 Å². The highest BCUT2D eigenvalue weighted by molar-refractivity contribution is 9.10. The molecule has 0 aromatic heterocycles. The molecule has 2 aromatic carbocycles. The first-order valence-electron chi connectivity index (χ1n) is 11.1. The highest BCUT2D eigenvalue weighted by atomic mass is 79.9. The fraction of sp³-hybridized carbons (Fsp3) is 0.435. The summed E-state index contributed by atoms with van der Waals surface area (Å²) in [5, 5.41) is 14.1. The summed E-state index contributed by atoms with van der Waals surface area (Å²) in [5.74, 6) is 1.32. The standard InChI is InChI=1S/C23H25BrClN3O5S/c1-14(20-11-15-2-3-16(20)10-15)26-23(29)13-27(18-6-4-17(24)5-7-18)34(32,33)19-8-9-21(25)22(12-19)28(30)31/h4-9,12,14-16,20H,2-3,10-11,13H2,1H3,(H,26,29)/t14-,15+,16+,20+/m0/s1. The van der Waals surface area contributed by atoms with Crippen LogP contribution in [0.4, 0.5) is 11.4 Å². The fourth-order valence-corrected chi connectivity index (χ4v) is 7.18. The van der Waals surface area contributed by atoms with Crippen LogP contribution < -0.4 is 9.62 Å². The molecular weight excluding hydrogens is 546 g/mol. The van der Waals surface area contributed by atoms with Gasteiger partial charge in [0.15, 0.2) is 0 Å². The van der Waals surface area contributed by atoms with Gasteiger partial charge in [0.2, 0.25) is 5.91 Å². The van der Waals surface area contributed by atoms with Crippen LogP contribution in [0.3, 0.4) is 0 Å². The van der Waals surface area contributed by atoms with Gasteiger partial charge in [0.25, 0.3) is 15.7 Å². The molecule has 8 nitrogen and oxygen atoms in total. The summed E-state index contributed by atoms with van der Waals surface area (Å²) < 4.78 is 28.8. The second kappa shape index (κ2) is 9.83. The van der Waals surface area contributed by atoms with Gasteiger partial charge in [-0.1, -0.05) is 34.0 Å². The van der Waals surface area contributed by atoms with Crippen LogP contribution in [0.15, 0.2) is 51.8 Å². The molecule has 11 heteroatoms. The lowest BCUT2D eigenvalue weighted by Crippen LogP contribution is -2.46. The highest BCUT2D eigenvalue weighted by Gasteiger charge is 2.42. The van der Waals surface area contributed by atoms with Gasteiger partial charge in [-0.15, -0.1) is 0 Å². The predicted octanol–water partition coefficient (Wildman–Crippen LogP) is 5.15. The third kappa shape index (κ3) is 5.08. The Morgan fingerprint density at radius 1 is 1.24 bits per heavy atom. The Balaban J connectivity index is 1.60. The fourth-order valence-electron chi connectivity index (χ4n) is 5.29. The lowest BCUT2D eigenvalue weighted by atomic mass is 9.84. The molecule has 2 bridgehead atoms. The number of nitro groups is 1. The Hall–Kier alpha value is -2.17. The zero-order chi connectivity index (χ0) is 24.6. The van der Waals surface area contributed by atoms with E-state index in [9.17, 15) is 23.3 Å². The summed E-state index contributed by atoms with van der Waals surface area (Å²) in [6, 6.07) is 9.69. The largest absolute Gasteiger partial charge is 0.352 e. The van der Waals surface area contributed by atoms with Crippen LogP contribution in [0.2, 0.25) is 5.02 Å². The van der Waals surface area contributed by atoms with Crippen LogP contribution in [0, 0.1) is 27.9 Å². The number of rotatable bonds is 8. The van der Waals surface area contributed by atoms with E-state index in [2.05, 4.69) is 21.2 Å². The zero-order valence-electron chi connectivity index (χ0n) is 18.5. The van der Waals surface area contributed by atoms with Crippen molar-refractivity contribution < 1.29 is 18.1 Å². The maximum atomic E-state index is 13.6. The molecule has 2 aromatic rings. The lowest BCUT2D eigenvalue weighted by molar-refractivity contribution is -0.384. The maximum absolute atomic E-state index is 13.6. The molecule has 2 aliphatic rings. The van der Waals surface area contributed by atoms with Crippen molar-refractivity contribution in [1.29, 1.82) is 0 Å². The third-order valence-electron chi connectivity index (χ3n) is 6.93. The Bertz CT molecular complexity index is 1210. The smallest absolute Gasteiger partial charge is 0.289 e. The molecule has 0 heterocycles. The Kier molecular flexibility index (Phi) is 7.21. The van der Waals surface area contributed by atoms with Crippen LogP contribution in [-0.2, 0) is 14.8 Å². The Labute approximate surface area is 212 Å². The van der Waals surface area contributed by atoms with E-state index in [1.54, 1.807) is 24.3 Å². The minimum Gasteiger partial charge on any atom is -0.352 e. The van der Waals surface area contributed by atoms with Crippen molar-refractivity contribution in [2.75, 3.05) is 10.8 Å². The topological polar surface area (TPSA) is 110 Å². The number of carbonyl (C=O) groups excluding carboxylic acids is 1. The van der Waals surface area contributed by atoms with E-state index >= 15 is 0 Å². The summed E-state index contributed by atoms with van der Waals surface area (Å²) in [4.78, 5) is 23.3. The Morgan fingerprint density at radius 3 is 2.53 bits per heavy atom. The minimum atomic E-state index is -4.30. The third-order valence-corrected chi connectivity index (χ3v) is 9.55. The van der Waals surface area contributed by atoms with Crippen molar-refractivity contribution in [2.24, 2.45) is 17.8 Å². The maximum Gasteiger partial charge on any atom is 0.289 e. The number of anilines is 1. The molecule has 2 aliphatic carbocycles. The second-order valence-electron chi connectivity index (χ2n) is 9.05. The van der Waals surface area contributed by atoms with Crippen molar-refractivity contribution in [3.05, 3.63) is 62.1 Å². The summed E-state index contributed by atoms with van der Waals surface area (Å²) in [6.45, 7) is 1.52. The summed E-state index contributed by atoms with van der Waals surface area (Å²) in [6.07, 6.45) is 4.74. The van der Waals surface area contributed by atoms with Gasteiger partial charge in [0, 0.05) is 16.6 Å². The van der Waals surface area contributed by atoms with Crippen LogP contribution in [0.1, 0.15) is 32.6 Å². The number of nitro benzene ring substituents is 1. The molecule has 2 saturated carbocycles. The normalized spacial score (nSPS) is 22.4. The van der Waals surface area contributed by atoms with Crippen molar-refractivity contribution in [3.63, 3.8) is 0 Å². The quantitative estimate of drug-likeness (QED) is 0.349. The van der Waals surface area contributed by atoms with Gasteiger partial charge in [-0.2, -0.15) is 0 Å². The second-order valence-corrected chi connectivity index (χ2v) is 12.2. The van der Waals surface area contributed by atoms with Gasteiger partial charge in [0.1, 0.15) is 11.6 Å². The predicted molar refractivity (Wildman–Crippen MR) is 133 cm³/mol. The molecule has 4 rings (SSSR count). The lowest BCUT2D eigenvalue weighted by Gasteiger charge is -2.30. The van der Waals surface area contributed by atoms with Gasteiger partial charge in [-0.25, -0.2) is 8.42 Å². The van der Waals surface area contributed by atoms with Crippen molar-refractivity contribution in [3.8, 4) is 0 Å². The molecule has 1 amide bonds. The van der Waals surface area contributed by atoms with Crippen LogP contribution in [0.25, 0.3) is 0 Å². The van der Waals surface area contributed by atoms with Gasteiger partial charge in [-0.05, 0) is 80.3 Å². The molecule has 34 heavy (non-hydrogen) atoms. The number of sulfonamides is 1. The van der Waals surface area contributed by atoms with Crippen LogP contribution in [-0.4, -0.2) is 31.8 Å². The SMILES string of the molecule is C[C@H](NC(=O)CN(c1ccc(Br)cc1)S(=O)(=O)c1ccc(Cl)c([N+](=O)[O-])c1)[C@H]1C[C@@H]2CC[C@@H]1C2. The molecule has 0 unspecified atom stereocenters. The van der Waals surface area contributed by atoms with E-state index in [1.807, 2.05) is 6.92 Å². The molecule has 0 aliphatic heterocycles. The van der Waals surface area contributed by atoms with E-state index in [4.69, 9.17) is 11.6 Å². The number of carbonyl (C=O) groups is 1. The van der Waals surface area contributed by atoms with E-state index < -0.39 is 33.1 Å². The van der Waals surface area contributed by atoms with E-state index in [1.165, 1.54) is 31.4 Å². The van der Waals surface area contributed by atoms with Gasteiger partial charge in [-0.3, -0.25) is 19.2 Å². The monoisotopic (exact) mass is 569 g/mol. The minimum absolute atomic E-state index is 0.0612. The number of amides is 1. The van der Waals surface area contributed by atoms with Crippen LogP contribution >= 0.6 is 27.5 Å². The number of halogens is 2. The molecule has 0 saturated heterocycles. The first-order chi connectivity index (χ1) is 16.1. The summed E-state index contributed by atoms with van der Waals surface area (Å²) in [7, 11) is -4.30. The summed E-state index contributed by atoms with van der Waals surface area (Å²) in [5.41, 5.74) is -0.253. The number of benzene rings is 2. The van der Waals surface area contributed by atoms with Gasteiger partial charge < -0.3 is 5.32 Å². The molecule has 0 radical (unpaired) electrons. The number of hydrogen-bond donors (Lipinski definition) is 1. The number of fused-ring (bicyclic) bond motifs is 2. The number of nitrogens with zero attached hydrogens (tertiary/aromatic N) is 2. The van der Waals surface area contributed by atoms with E-state index in [-0.39, 0.29) is 21.6 Å². The van der Waals surface area contributed by atoms with Gasteiger partial charge >= 0.3 is 0 Å². The molecule has 182 valence electrons. The number of nitrogens with one attached hydrogen (secondary N) is 1. The Morgan fingerprint density at radius 2 is 1.94 bits per heavy atom. The molecule has 0 spiro atoms. The average molecular weight is 571 g/mol. The molecule has 2 fully saturated rings. The van der Waals surface area contributed by atoms with E-state index in [0.29, 0.717) is 11.8 Å². The molecule has 4 atom stereocenters. The molecular formula is C23H25BrClN3O5S. The van der Waals surface area contributed by atoms with E-state index in [0.717, 1.165) is 27.2 Å². The average Bonchev–Trinajstić information content (AvgIpc) is 3.42. The van der Waals surface area contributed by atoms with Crippen LogP contribution in [0.5, 0.6) is 0 Å². The highest BCUT2D eigenvalue weighted by Crippen LogP contribution is 2.49. The van der Waals surface area contributed by atoms with Crippen molar-refractivity contribution >= 4 is 54.8 Å².